The number of hydrogen-bond donors (Lipinski definition) is 2. The van der Waals surface area contributed by atoms with E-state index in [1.165, 1.54) is 6.07 Å². The molecule has 0 aromatic heterocycles. The van der Waals surface area contributed by atoms with Gasteiger partial charge in [-0.15, -0.1) is 0 Å². The van der Waals surface area contributed by atoms with Crippen LogP contribution < -0.4 is 5.32 Å². The number of benzene rings is 1. The van der Waals surface area contributed by atoms with E-state index < -0.39 is 18.3 Å². The molecular weight excluding hydrogens is 219 g/mol. The van der Waals surface area contributed by atoms with Crippen molar-refractivity contribution in [1.29, 1.82) is 0 Å². The Hall–Kier alpha value is -1.23. The van der Waals surface area contributed by atoms with Crippen LogP contribution in [-0.2, 0) is 0 Å². The van der Waals surface area contributed by atoms with Crippen LogP contribution in [-0.4, -0.2) is 23.4 Å². The zero-order valence-electron chi connectivity index (χ0n) is 9.10. The van der Waals surface area contributed by atoms with Crippen molar-refractivity contribution in [3.8, 4) is 0 Å². The average Bonchev–Trinajstić information content (AvgIpc) is 2.15. The summed E-state index contributed by atoms with van der Waals surface area (Å²) in [6.45, 7) is 1.70. The third-order valence-electron chi connectivity index (χ3n) is 2.38. The van der Waals surface area contributed by atoms with Gasteiger partial charge in [0.25, 0.3) is 0 Å². The molecule has 0 heterocycles. The molecule has 0 saturated carbocycles. The van der Waals surface area contributed by atoms with Crippen molar-refractivity contribution in [3.63, 3.8) is 0 Å². The third-order valence-corrected chi connectivity index (χ3v) is 2.38. The number of rotatable bonds is 3. The number of aliphatic hydroxyl groups is 1. The first-order valence-electron chi connectivity index (χ1n) is 4.81. The highest BCUT2D eigenvalue weighted by molar-refractivity contribution is 5.48. The molecule has 16 heavy (non-hydrogen) atoms. The second-order valence-corrected chi connectivity index (χ2v) is 3.98. The molecule has 0 saturated heterocycles. The maximum atomic E-state index is 12.7. The van der Waals surface area contributed by atoms with E-state index in [0.29, 0.717) is 5.69 Å². The summed E-state index contributed by atoms with van der Waals surface area (Å²) in [7, 11) is 0. The summed E-state index contributed by atoms with van der Waals surface area (Å²) in [5.41, 5.74) is -1.12. The topological polar surface area (TPSA) is 32.3 Å². The molecule has 1 unspecified atom stereocenters. The Labute approximate surface area is 92.1 Å². The van der Waals surface area contributed by atoms with Crippen LogP contribution in [0.2, 0.25) is 0 Å². The number of aryl methyl sites for hydroxylation is 1. The Kier molecular flexibility index (Phi) is 3.48. The van der Waals surface area contributed by atoms with Gasteiger partial charge in [0.05, 0.1) is 6.61 Å². The summed E-state index contributed by atoms with van der Waals surface area (Å²) < 4.78 is 38.0. The fourth-order valence-corrected chi connectivity index (χ4v) is 1.24. The van der Waals surface area contributed by atoms with Gasteiger partial charge in [-0.05, 0) is 31.5 Å². The van der Waals surface area contributed by atoms with E-state index in [1.54, 1.807) is 25.1 Å². The normalized spacial score (nSPS) is 15.6. The zero-order valence-corrected chi connectivity index (χ0v) is 9.10. The fraction of sp³-hybridized carbons (Fsp3) is 0.455. The van der Waals surface area contributed by atoms with Crippen LogP contribution in [0, 0.1) is 6.92 Å². The van der Waals surface area contributed by atoms with E-state index in [4.69, 9.17) is 5.11 Å². The van der Waals surface area contributed by atoms with Crippen molar-refractivity contribution in [2.24, 2.45) is 0 Å². The number of nitrogens with one attached hydrogen (secondary N) is 1. The lowest BCUT2D eigenvalue weighted by Crippen LogP contribution is -2.52. The molecule has 0 aliphatic rings. The van der Waals surface area contributed by atoms with E-state index in [9.17, 15) is 13.2 Å². The van der Waals surface area contributed by atoms with Gasteiger partial charge in [-0.1, -0.05) is 12.1 Å². The minimum absolute atomic E-state index is 0.342. The first kappa shape index (κ1) is 12.8. The number of aliphatic hydroxyl groups excluding tert-OH is 1. The van der Waals surface area contributed by atoms with Crippen molar-refractivity contribution < 1.29 is 18.3 Å². The van der Waals surface area contributed by atoms with Crippen LogP contribution in [0.5, 0.6) is 0 Å². The summed E-state index contributed by atoms with van der Waals surface area (Å²) in [5.74, 6) is 0. The van der Waals surface area contributed by atoms with E-state index in [-0.39, 0.29) is 0 Å². The average molecular weight is 233 g/mol. The first-order valence-corrected chi connectivity index (χ1v) is 4.81. The van der Waals surface area contributed by atoms with E-state index in [0.717, 1.165) is 12.5 Å². The molecular formula is C11H14F3NO. The van der Waals surface area contributed by atoms with Gasteiger partial charge in [-0.3, -0.25) is 0 Å². The standard InChI is InChI=1S/C11H14F3NO/c1-8-4-3-5-9(6-8)15-10(2,7-16)11(12,13)14/h3-6,15-16H,7H2,1-2H3. The van der Waals surface area contributed by atoms with Gasteiger partial charge in [0.2, 0.25) is 0 Å². The minimum Gasteiger partial charge on any atom is -0.394 e. The number of anilines is 1. The van der Waals surface area contributed by atoms with Crippen LogP contribution >= 0.6 is 0 Å². The van der Waals surface area contributed by atoms with Crippen molar-refractivity contribution in [2.45, 2.75) is 25.6 Å². The molecule has 1 aromatic carbocycles. The summed E-state index contributed by atoms with van der Waals surface area (Å²) in [5, 5.41) is 11.2. The van der Waals surface area contributed by atoms with Crippen molar-refractivity contribution in [3.05, 3.63) is 29.8 Å². The highest BCUT2D eigenvalue weighted by Crippen LogP contribution is 2.33. The van der Waals surface area contributed by atoms with Crippen molar-refractivity contribution >= 4 is 5.69 Å². The first-order chi connectivity index (χ1) is 7.28. The van der Waals surface area contributed by atoms with Gasteiger partial charge in [-0.25, -0.2) is 0 Å². The van der Waals surface area contributed by atoms with Crippen LogP contribution in [0.4, 0.5) is 18.9 Å². The third kappa shape index (κ3) is 2.66. The predicted molar refractivity (Wildman–Crippen MR) is 56.3 cm³/mol. The second-order valence-electron chi connectivity index (χ2n) is 3.98. The molecule has 5 heteroatoms. The lowest BCUT2D eigenvalue weighted by atomic mass is 10.0. The molecule has 2 N–H and O–H groups in total. The molecule has 1 atom stereocenters. The van der Waals surface area contributed by atoms with E-state index in [1.807, 2.05) is 0 Å². The maximum Gasteiger partial charge on any atom is 0.413 e. The smallest absolute Gasteiger partial charge is 0.394 e. The van der Waals surface area contributed by atoms with E-state index >= 15 is 0 Å². The Morgan fingerprint density at radius 2 is 1.94 bits per heavy atom. The van der Waals surface area contributed by atoms with Gasteiger partial charge in [0, 0.05) is 5.69 Å². The number of alkyl halides is 3. The molecule has 0 amide bonds. The SMILES string of the molecule is Cc1cccc(NC(C)(CO)C(F)(F)F)c1. The number of halogens is 3. The zero-order chi connectivity index (χ0) is 12.4. The number of hydrogen-bond acceptors (Lipinski definition) is 2. The van der Waals surface area contributed by atoms with Crippen LogP contribution in [0.15, 0.2) is 24.3 Å². The van der Waals surface area contributed by atoms with E-state index in [2.05, 4.69) is 5.32 Å². The summed E-state index contributed by atoms with van der Waals surface area (Å²) in [6, 6.07) is 6.58. The lowest BCUT2D eigenvalue weighted by molar-refractivity contribution is -0.182. The van der Waals surface area contributed by atoms with Gasteiger partial charge in [0.1, 0.15) is 0 Å². The van der Waals surface area contributed by atoms with Crippen molar-refractivity contribution in [1.82, 2.24) is 0 Å². The highest BCUT2D eigenvalue weighted by Gasteiger charge is 2.50. The molecule has 1 aromatic rings. The Balaban J connectivity index is 2.94. The Morgan fingerprint density at radius 3 is 2.38 bits per heavy atom. The molecule has 0 bridgehead atoms. The molecule has 0 radical (unpaired) electrons. The fourth-order valence-electron chi connectivity index (χ4n) is 1.24. The van der Waals surface area contributed by atoms with Crippen LogP contribution in [0.1, 0.15) is 12.5 Å². The molecule has 0 spiro atoms. The summed E-state index contributed by atoms with van der Waals surface area (Å²) in [4.78, 5) is 0. The van der Waals surface area contributed by atoms with Crippen LogP contribution in [0.25, 0.3) is 0 Å². The second kappa shape index (κ2) is 4.33. The molecule has 0 aliphatic heterocycles. The minimum atomic E-state index is -4.51. The lowest BCUT2D eigenvalue weighted by Gasteiger charge is -2.32. The van der Waals surface area contributed by atoms with Crippen LogP contribution in [0.3, 0.4) is 0 Å². The van der Waals surface area contributed by atoms with Gasteiger partial charge >= 0.3 is 6.18 Å². The molecule has 0 aliphatic carbocycles. The highest BCUT2D eigenvalue weighted by atomic mass is 19.4. The van der Waals surface area contributed by atoms with Gasteiger partial charge in [-0.2, -0.15) is 13.2 Å². The molecule has 90 valence electrons. The maximum absolute atomic E-state index is 12.7. The molecule has 1 rings (SSSR count). The Bertz CT molecular complexity index is 364. The largest absolute Gasteiger partial charge is 0.413 e. The van der Waals surface area contributed by atoms with Crippen molar-refractivity contribution in [2.75, 3.05) is 11.9 Å². The summed E-state index contributed by atoms with van der Waals surface area (Å²) >= 11 is 0. The van der Waals surface area contributed by atoms with Gasteiger partial charge < -0.3 is 10.4 Å². The quantitative estimate of drug-likeness (QED) is 0.841. The molecule has 0 fully saturated rings. The Morgan fingerprint density at radius 1 is 1.31 bits per heavy atom. The summed E-state index contributed by atoms with van der Waals surface area (Å²) in [6.07, 6.45) is -4.51. The monoisotopic (exact) mass is 233 g/mol. The molecule has 2 nitrogen and oxygen atoms in total. The predicted octanol–water partition coefficient (Wildman–Crippen LogP) is 2.72. The van der Waals surface area contributed by atoms with Gasteiger partial charge in [0.15, 0.2) is 5.54 Å².